The molecule has 0 saturated carbocycles. The molecule has 0 amide bonds. The van der Waals surface area contributed by atoms with Gasteiger partial charge >= 0.3 is 0 Å². The van der Waals surface area contributed by atoms with Crippen molar-refractivity contribution < 1.29 is 0 Å². The number of nitrogens with zero attached hydrogens (tertiary/aromatic N) is 3. The second-order valence-electron chi connectivity index (χ2n) is 2.49. The van der Waals surface area contributed by atoms with Crippen LogP contribution in [0.2, 0.25) is 0 Å². The third-order valence-corrected chi connectivity index (χ3v) is 1.58. The van der Waals surface area contributed by atoms with Gasteiger partial charge in [0.1, 0.15) is 5.69 Å². The van der Waals surface area contributed by atoms with Gasteiger partial charge < -0.3 is 16.1 Å². The first kappa shape index (κ1) is 8.58. The molecule has 0 aliphatic carbocycles. The summed E-state index contributed by atoms with van der Waals surface area (Å²) in [4.78, 5) is 3.96. The van der Waals surface area contributed by atoms with Crippen LogP contribution in [0.5, 0.6) is 0 Å². The van der Waals surface area contributed by atoms with Crippen molar-refractivity contribution in [1.82, 2.24) is 9.55 Å². The second-order valence-corrected chi connectivity index (χ2v) is 2.49. The van der Waals surface area contributed by atoms with E-state index in [1.54, 1.807) is 12.5 Å². The monoisotopic (exact) mass is 167 g/mol. The zero-order valence-corrected chi connectivity index (χ0v) is 7.07. The molecule has 0 fully saturated rings. The van der Waals surface area contributed by atoms with Gasteiger partial charge in [0, 0.05) is 6.54 Å². The molecule has 66 valence electrons. The third-order valence-electron chi connectivity index (χ3n) is 1.58. The largest absolute Gasteiger partial charge is 0.381 e. The highest BCUT2D eigenvalue weighted by atomic mass is 15.2. The number of hydrazone groups is 1. The van der Waals surface area contributed by atoms with Gasteiger partial charge in [-0.3, -0.25) is 0 Å². The van der Waals surface area contributed by atoms with E-state index < -0.39 is 0 Å². The average Bonchev–Trinajstić information content (AvgIpc) is 2.52. The Morgan fingerprint density at radius 3 is 3.08 bits per heavy atom. The van der Waals surface area contributed by atoms with Crippen molar-refractivity contribution in [3.05, 3.63) is 18.2 Å². The smallest absolute Gasteiger partial charge is 0.168 e. The predicted molar refractivity (Wildman–Crippen MR) is 47.4 cm³/mol. The summed E-state index contributed by atoms with van der Waals surface area (Å²) >= 11 is 0. The van der Waals surface area contributed by atoms with Crippen LogP contribution in [0.1, 0.15) is 19.0 Å². The summed E-state index contributed by atoms with van der Waals surface area (Å²) in [7, 11) is 0. The minimum Gasteiger partial charge on any atom is -0.381 e. The fourth-order valence-electron chi connectivity index (χ4n) is 1.02. The Morgan fingerprint density at radius 2 is 2.50 bits per heavy atom. The maximum Gasteiger partial charge on any atom is 0.168 e. The Labute approximate surface area is 71.1 Å². The van der Waals surface area contributed by atoms with Gasteiger partial charge in [-0.1, -0.05) is 6.92 Å². The standard InChI is InChI=1S/C7H13N5/c1-2-3-12-5-10-4-6(12)7(8)11-9/h4-5H,2-3,9H2,1H3,(H2,8,11). The predicted octanol–water partition coefficient (Wildman–Crippen LogP) is -0.128. The zero-order chi connectivity index (χ0) is 8.97. The molecule has 0 spiro atoms. The highest BCUT2D eigenvalue weighted by Crippen LogP contribution is 1.99. The van der Waals surface area contributed by atoms with Crippen molar-refractivity contribution in [2.24, 2.45) is 16.7 Å². The van der Waals surface area contributed by atoms with E-state index in [-0.39, 0.29) is 0 Å². The molecule has 0 unspecified atom stereocenters. The van der Waals surface area contributed by atoms with E-state index in [0.29, 0.717) is 5.84 Å². The fourth-order valence-corrected chi connectivity index (χ4v) is 1.02. The number of amidine groups is 1. The average molecular weight is 167 g/mol. The molecule has 0 bridgehead atoms. The molecule has 0 saturated heterocycles. The molecule has 1 heterocycles. The topological polar surface area (TPSA) is 82.2 Å². The van der Waals surface area contributed by atoms with Crippen LogP contribution in [-0.2, 0) is 6.54 Å². The van der Waals surface area contributed by atoms with E-state index in [0.717, 1.165) is 18.7 Å². The first-order valence-corrected chi connectivity index (χ1v) is 3.83. The molecule has 12 heavy (non-hydrogen) atoms. The third kappa shape index (κ3) is 1.55. The molecular weight excluding hydrogens is 154 g/mol. The van der Waals surface area contributed by atoms with Gasteiger partial charge in [0.05, 0.1) is 12.5 Å². The van der Waals surface area contributed by atoms with E-state index >= 15 is 0 Å². The highest BCUT2D eigenvalue weighted by Gasteiger charge is 2.04. The molecular formula is C7H13N5. The van der Waals surface area contributed by atoms with Crippen LogP contribution in [0.25, 0.3) is 0 Å². The van der Waals surface area contributed by atoms with E-state index in [9.17, 15) is 0 Å². The normalized spacial score (nSPS) is 11.9. The van der Waals surface area contributed by atoms with Gasteiger partial charge in [0.25, 0.3) is 0 Å². The van der Waals surface area contributed by atoms with Crippen molar-refractivity contribution >= 4 is 5.84 Å². The first-order chi connectivity index (χ1) is 5.79. The van der Waals surface area contributed by atoms with Gasteiger partial charge in [-0.15, -0.1) is 0 Å². The molecule has 0 aromatic carbocycles. The number of aromatic nitrogens is 2. The Morgan fingerprint density at radius 1 is 1.75 bits per heavy atom. The summed E-state index contributed by atoms with van der Waals surface area (Å²) in [5.74, 6) is 5.37. The van der Waals surface area contributed by atoms with Crippen LogP contribution >= 0.6 is 0 Å². The van der Waals surface area contributed by atoms with E-state index in [2.05, 4.69) is 17.0 Å². The molecule has 5 nitrogen and oxygen atoms in total. The van der Waals surface area contributed by atoms with Crippen molar-refractivity contribution in [2.75, 3.05) is 0 Å². The SMILES string of the molecule is CCCn1cncc1C(N)=NN. The Balaban J connectivity index is 2.91. The molecule has 0 atom stereocenters. The van der Waals surface area contributed by atoms with Crippen molar-refractivity contribution in [3.8, 4) is 0 Å². The van der Waals surface area contributed by atoms with Crippen LogP contribution in [0.3, 0.4) is 0 Å². The Hall–Kier alpha value is -1.52. The fraction of sp³-hybridized carbons (Fsp3) is 0.429. The maximum atomic E-state index is 5.53. The van der Waals surface area contributed by atoms with Crippen LogP contribution < -0.4 is 11.6 Å². The maximum absolute atomic E-state index is 5.53. The van der Waals surface area contributed by atoms with Crippen LogP contribution in [-0.4, -0.2) is 15.4 Å². The summed E-state index contributed by atoms with van der Waals surface area (Å²) in [6, 6.07) is 0. The van der Waals surface area contributed by atoms with Crippen molar-refractivity contribution in [3.63, 3.8) is 0 Å². The van der Waals surface area contributed by atoms with Gasteiger partial charge in [0.2, 0.25) is 0 Å². The summed E-state index contributed by atoms with van der Waals surface area (Å²) in [5.41, 5.74) is 6.31. The summed E-state index contributed by atoms with van der Waals surface area (Å²) in [5, 5.41) is 3.41. The van der Waals surface area contributed by atoms with Gasteiger partial charge in [-0.25, -0.2) is 4.98 Å². The molecule has 5 heteroatoms. The van der Waals surface area contributed by atoms with E-state index in [1.807, 2.05) is 4.57 Å². The van der Waals surface area contributed by atoms with Crippen molar-refractivity contribution in [2.45, 2.75) is 19.9 Å². The van der Waals surface area contributed by atoms with Gasteiger partial charge in [0.15, 0.2) is 5.84 Å². The number of rotatable bonds is 3. The summed E-state index contributed by atoms with van der Waals surface area (Å²) in [6.45, 7) is 2.96. The zero-order valence-electron chi connectivity index (χ0n) is 7.07. The van der Waals surface area contributed by atoms with Crippen LogP contribution in [0, 0.1) is 0 Å². The minimum absolute atomic E-state index is 0.320. The second kappa shape index (κ2) is 3.75. The molecule has 1 rings (SSSR count). The van der Waals surface area contributed by atoms with E-state index in [4.69, 9.17) is 11.6 Å². The number of nitrogens with two attached hydrogens (primary N) is 2. The lowest BCUT2D eigenvalue weighted by molar-refractivity contribution is 0.673. The van der Waals surface area contributed by atoms with Gasteiger partial charge in [-0.05, 0) is 6.42 Å². The Bertz CT molecular complexity index is 275. The number of imidazole rings is 1. The first-order valence-electron chi connectivity index (χ1n) is 3.83. The number of aryl methyl sites for hydroxylation is 1. The Kier molecular flexibility index (Phi) is 2.68. The van der Waals surface area contributed by atoms with Crippen LogP contribution in [0.4, 0.5) is 0 Å². The lowest BCUT2D eigenvalue weighted by Gasteiger charge is -2.03. The highest BCUT2D eigenvalue weighted by molar-refractivity contribution is 5.95. The van der Waals surface area contributed by atoms with E-state index in [1.165, 1.54) is 0 Å². The van der Waals surface area contributed by atoms with Gasteiger partial charge in [-0.2, -0.15) is 5.10 Å². The number of hydrogen-bond donors (Lipinski definition) is 2. The molecule has 1 aromatic heterocycles. The number of hydrogen-bond acceptors (Lipinski definition) is 3. The minimum atomic E-state index is 0.320. The molecule has 0 aliphatic rings. The molecule has 4 N–H and O–H groups in total. The molecule has 1 aromatic rings. The van der Waals surface area contributed by atoms with Crippen LogP contribution in [0.15, 0.2) is 17.6 Å². The van der Waals surface area contributed by atoms with Crippen molar-refractivity contribution in [1.29, 1.82) is 0 Å². The quantitative estimate of drug-likeness (QED) is 0.285. The molecule has 0 aliphatic heterocycles. The lowest BCUT2D eigenvalue weighted by Crippen LogP contribution is -2.19. The summed E-state index contributed by atoms with van der Waals surface area (Å²) in [6.07, 6.45) is 4.40. The molecule has 0 radical (unpaired) electrons. The summed E-state index contributed by atoms with van der Waals surface area (Å²) < 4.78 is 1.92. The lowest BCUT2D eigenvalue weighted by atomic mass is 10.4.